The maximum Gasteiger partial charge on any atom is 0.159 e. The van der Waals surface area contributed by atoms with Gasteiger partial charge in [-0.15, -0.1) is 0 Å². The molecule has 0 unspecified atom stereocenters. The van der Waals surface area contributed by atoms with Gasteiger partial charge >= 0.3 is 0 Å². The van der Waals surface area contributed by atoms with Crippen LogP contribution in [0.4, 0.5) is 0 Å². The minimum Gasteiger partial charge on any atom is -0.457 e. The Kier molecular flexibility index (Phi) is 4.05. The van der Waals surface area contributed by atoms with Gasteiger partial charge in [0.2, 0.25) is 0 Å². The fourth-order valence-electron chi connectivity index (χ4n) is 2.96. The summed E-state index contributed by atoms with van der Waals surface area (Å²) in [6, 6.07) is 15.7. The van der Waals surface area contributed by atoms with Gasteiger partial charge in [-0.1, -0.05) is 25.0 Å². The molecule has 0 aliphatic heterocycles. The highest BCUT2D eigenvalue weighted by Crippen LogP contribution is 2.35. The first kappa shape index (κ1) is 13.9. The molecule has 21 heavy (non-hydrogen) atoms. The molecule has 1 aliphatic rings. The van der Waals surface area contributed by atoms with Crippen molar-refractivity contribution in [1.29, 1.82) is 0 Å². The normalized spacial score (nSPS) is 15.1. The standard InChI is InChI=1S/C19H20O2/c1-14(20)15-6-10-18(11-7-15)21-19-12-8-17(9-13-19)16-4-2-3-5-16/h6-13,16H,2-5H2,1H3. The van der Waals surface area contributed by atoms with Gasteiger partial charge in [-0.3, -0.25) is 4.79 Å². The van der Waals surface area contributed by atoms with E-state index >= 15 is 0 Å². The molecule has 1 aliphatic carbocycles. The fourth-order valence-corrected chi connectivity index (χ4v) is 2.96. The Bertz CT molecular complexity index is 605. The zero-order chi connectivity index (χ0) is 14.7. The summed E-state index contributed by atoms with van der Waals surface area (Å²) >= 11 is 0. The minimum absolute atomic E-state index is 0.0717. The summed E-state index contributed by atoms with van der Waals surface area (Å²) in [5, 5.41) is 0. The molecule has 0 atom stereocenters. The molecule has 0 aromatic heterocycles. The average Bonchev–Trinajstić information content (AvgIpc) is 3.03. The van der Waals surface area contributed by atoms with Crippen LogP contribution < -0.4 is 4.74 Å². The van der Waals surface area contributed by atoms with Crippen LogP contribution in [0.2, 0.25) is 0 Å². The number of ketones is 1. The van der Waals surface area contributed by atoms with Crippen LogP contribution in [0.15, 0.2) is 48.5 Å². The zero-order valence-corrected chi connectivity index (χ0v) is 12.3. The van der Waals surface area contributed by atoms with Crippen molar-refractivity contribution >= 4 is 5.78 Å². The van der Waals surface area contributed by atoms with E-state index in [0.717, 1.165) is 17.4 Å². The Labute approximate surface area is 125 Å². The molecular formula is C19H20O2. The quantitative estimate of drug-likeness (QED) is 0.707. The first-order valence-corrected chi connectivity index (χ1v) is 7.61. The molecule has 0 bridgehead atoms. The van der Waals surface area contributed by atoms with E-state index in [1.54, 1.807) is 19.1 Å². The summed E-state index contributed by atoms with van der Waals surface area (Å²) < 4.78 is 5.82. The summed E-state index contributed by atoms with van der Waals surface area (Å²) in [6.07, 6.45) is 5.33. The van der Waals surface area contributed by atoms with Gasteiger partial charge in [0.25, 0.3) is 0 Å². The lowest BCUT2D eigenvalue weighted by Crippen LogP contribution is -1.93. The molecule has 1 saturated carbocycles. The average molecular weight is 280 g/mol. The predicted octanol–water partition coefficient (Wildman–Crippen LogP) is 5.34. The first-order valence-electron chi connectivity index (χ1n) is 7.61. The SMILES string of the molecule is CC(=O)c1ccc(Oc2ccc(C3CCCC3)cc2)cc1. The number of hydrogen-bond donors (Lipinski definition) is 0. The third-order valence-corrected chi connectivity index (χ3v) is 4.20. The van der Waals surface area contributed by atoms with E-state index in [1.165, 1.54) is 31.2 Å². The molecule has 2 aromatic carbocycles. The first-order chi connectivity index (χ1) is 10.2. The third-order valence-electron chi connectivity index (χ3n) is 4.20. The van der Waals surface area contributed by atoms with Crippen molar-refractivity contribution in [2.75, 3.05) is 0 Å². The Hall–Kier alpha value is -2.09. The summed E-state index contributed by atoms with van der Waals surface area (Å²) in [6.45, 7) is 1.57. The largest absolute Gasteiger partial charge is 0.457 e. The van der Waals surface area contributed by atoms with Crippen LogP contribution in [0.3, 0.4) is 0 Å². The lowest BCUT2D eigenvalue weighted by molar-refractivity contribution is 0.101. The molecule has 3 rings (SSSR count). The van der Waals surface area contributed by atoms with Crippen LogP contribution >= 0.6 is 0 Å². The van der Waals surface area contributed by atoms with Gasteiger partial charge in [0.1, 0.15) is 11.5 Å². The molecule has 0 saturated heterocycles. The van der Waals surface area contributed by atoms with Crippen molar-refractivity contribution in [3.8, 4) is 11.5 Å². The van der Waals surface area contributed by atoms with Gasteiger partial charge in [0, 0.05) is 5.56 Å². The second-order valence-corrected chi connectivity index (χ2v) is 5.73. The van der Waals surface area contributed by atoms with E-state index in [2.05, 4.69) is 12.1 Å². The zero-order valence-electron chi connectivity index (χ0n) is 12.3. The van der Waals surface area contributed by atoms with Crippen molar-refractivity contribution in [2.24, 2.45) is 0 Å². The molecule has 0 amide bonds. The smallest absolute Gasteiger partial charge is 0.159 e. The van der Waals surface area contributed by atoms with E-state index in [-0.39, 0.29) is 5.78 Å². The molecule has 0 N–H and O–H groups in total. The number of ether oxygens (including phenoxy) is 1. The van der Waals surface area contributed by atoms with E-state index in [1.807, 2.05) is 24.3 Å². The Morgan fingerprint density at radius 2 is 1.43 bits per heavy atom. The highest BCUT2D eigenvalue weighted by Gasteiger charge is 2.16. The Morgan fingerprint density at radius 1 is 0.905 bits per heavy atom. The van der Waals surface area contributed by atoms with Crippen LogP contribution in [0.5, 0.6) is 11.5 Å². The molecule has 2 heteroatoms. The van der Waals surface area contributed by atoms with Gasteiger partial charge in [-0.2, -0.15) is 0 Å². The molecule has 0 heterocycles. The second kappa shape index (κ2) is 6.13. The van der Waals surface area contributed by atoms with Crippen molar-refractivity contribution in [3.05, 3.63) is 59.7 Å². The summed E-state index contributed by atoms with van der Waals surface area (Å²) in [5.41, 5.74) is 2.13. The third kappa shape index (κ3) is 3.33. The molecule has 0 radical (unpaired) electrons. The van der Waals surface area contributed by atoms with E-state index in [4.69, 9.17) is 4.74 Å². The summed E-state index contributed by atoms with van der Waals surface area (Å²) in [5.74, 6) is 2.40. The van der Waals surface area contributed by atoms with Gasteiger partial charge in [0.05, 0.1) is 0 Å². The van der Waals surface area contributed by atoms with E-state index in [0.29, 0.717) is 5.56 Å². The minimum atomic E-state index is 0.0717. The maximum absolute atomic E-state index is 11.2. The van der Waals surface area contributed by atoms with Crippen LogP contribution in [-0.2, 0) is 0 Å². The highest BCUT2D eigenvalue weighted by atomic mass is 16.5. The Balaban J connectivity index is 1.68. The topological polar surface area (TPSA) is 26.3 Å². The lowest BCUT2D eigenvalue weighted by Gasteiger charge is -2.11. The summed E-state index contributed by atoms with van der Waals surface area (Å²) in [4.78, 5) is 11.2. The fraction of sp³-hybridized carbons (Fsp3) is 0.316. The van der Waals surface area contributed by atoms with E-state index in [9.17, 15) is 4.79 Å². The molecule has 1 fully saturated rings. The summed E-state index contributed by atoms with van der Waals surface area (Å²) in [7, 11) is 0. The van der Waals surface area contributed by atoms with Crippen molar-refractivity contribution in [3.63, 3.8) is 0 Å². The maximum atomic E-state index is 11.2. The number of rotatable bonds is 4. The van der Waals surface area contributed by atoms with E-state index < -0.39 is 0 Å². The number of carbonyl (C=O) groups is 1. The molecule has 0 spiro atoms. The molecule has 2 nitrogen and oxygen atoms in total. The molecular weight excluding hydrogens is 260 g/mol. The van der Waals surface area contributed by atoms with Crippen LogP contribution in [0.25, 0.3) is 0 Å². The lowest BCUT2D eigenvalue weighted by atomic mass is 9.98. The van der Waals surface area contributed by atoms with Gasteiger partial charge < -0.3 is 4.74 Å². The molecule has 108 valence electrons. The van der Waals surface area contributed by atoms with Gasteiger partial charge in [-0.25, -0.2) is 0 Å². The van der Waals surface area contributed by atoms with Crippen LogP contribution in [-0.4, -0.2) is 5.78 Å². The van der Waals surface area contributed by atoms with Crippen molar-refractivity contribution in [2.45, 2.75) is 38.5 Å². The van der Waals surface area contributed by atoms with Crippen molar-refractivity contribution < 1.29 is 9.53 Å². The number of carbonyl (C=O) groups excluding carboxylic acids is 1. The second-order valence-electron chi connectivity index (χ2n) is 5.73. The number of hydrogen-bond acceptors (Lipinski definition) is 2. The number of Topliss-reactive ketones (excluding diaryl/α,β-unsaturated/α-hetero) is 1. The number of benzene rings is 2. The highest BCUT2D eigenvalue weighted by molar-refractivity contribution is 5.94. The Morgan fingerprint density at radius 3 is 1.95 bits per heavy atom. The molecule has 2 aromatic rings. The monoisotopic (exact) mass is 280 g/mol. The van der Waals surface area contributed by atoms with Gasteiger partial charge in [0.15, 0.2) is 5.78 Å². The van der Waals surface area contributed by atoms with Gasteiger partial charge in [-0.05, 0) is 67.6 Å². The predicted molar refractivity (Wildman–Crippen MR) is 84.2 cm³/mol. The van der Waals surface area contributed by atoms with Crippen molar-refractivity contribution in [1.82, 2.24) is 0 Å². The van der Waals surface area contributed by atoms with Crippen LogP contribution in [0, 0.1) is 0 Å². The van der Waals surface area contributed by atoms with Crippen LogP contribution in [0.1, 0.15) is 54.4 Å².